The highest BCUT2D eigenvalue weighted by atomic mass is 32.1. The Morgan fingerprint density at radius 1 is 1.15 bits per heavy atom. The summed E-state index contributed by atoms with van der Waals surface area (Å²) in [5.74, 6) is 1.47. The van der Waals surface area contributed by atoms with Gasteiger partial charge in [-0.05, 0) is 42.3 Å². The van der Waals surface area contributed by atoms with Crippen LogP contribution in [0.4, 0.5) is 0 Å². The van der Waals surface area contributed by atoms with Crippen molar-refractivity contribution in [2.24, 2.45) is 0 Å². The number of benzene rings is 2. The average molecular weight is 372 g/mol. The van der Waals surface area contributed by atoms with Gasteiger partial charge in [0.25, 0.3) is 0 Å². The molecular weight excluding hydrogens is 356 g/mol. The van der Waals surface area contributed by atoms with Gasteiger partial charge in [-0.2, -0.15) is 5.26 Å². The van der Waals surface area contributed by atoms with Crippen LogP contribution in [0.3, 0.4) is 0 Å². The Morgan fingerprint density at radius 2 is 1.96 bits per heavy atom. The molecule has 0 saturated heterocycles. The first kappa shape index (κ1) is 17.1. The van der Waals surface area contributed by atoms with Crippen LogP contribution in [-0.4, -0.2) is 11.8 Å². The van der Waals surface area contributed by atoms with Crippen molar-refractivity contribution in [3.8, 4) is 28.8 Å². The molecule has 0 unspecified atom stereocenters. The quantitative estimate of drug-likeness (QED) is 0.445. The highest BCUT2D eigenvalue weighted by Gasteiger charge is 2.15. The van der Waals surface area contributed by atoms with Crippen molar-refractivity contribution in [3.05, 3.63) is 76.1 Å². The van der Waals surface area contributed by atoms with E-state index in [1.165, 1.54) is 11.3 Å². The number of allylic oxidation sites excluding steroid dienone is 3. The lowest BCUT2D eigenvalue weighted by Gasteiger charge is -2.00. The molecule has 0 aliphatic carbocycles. The van der Waals surface area contributed by atoms with Crippen LogP contribution in [0.2, 0.25) is 0 Å². The van der Waals surface area contributed by atoms with Gasteiger partial charge in [0.1, 0.15) is 11.1 Å². The van der Waals surface area contributed by atoms with Gasteiger partial charge in [-0.1, -0.05) is 36.4 Å². The molecule has 3 aromatic rings. The molecule has 0 atom stereocenters. The summed E-state index contributed by atoms with van der Waals surface area (Å²) in [7, 11) is 0. The topological polar surface area (TPSA) is 55.1 Å². The molecule has 0 N–H and O–H groups in total. The fourth-order valence-corrected chi connectivity index (χ4v) is 3.60. The van der Waals surface area contributed by atoms with E-state index in [1.54, 1.807) is 0 Å². The summed E-state index contributed by atoms with van der Waals surface area (Å²) in [6.07, 6.45) is 3.92. The molecule has 0 saturated carbocycles. The number of rotatable bonds is 4. The molecule has 2 aromatic carbocycles. The molecule has 1 aliphatic rings. The van der Waals surface area contributed by atoms with E-state index < -0.39 is 0 Å². The number of thiazole rings is 1. The van der Waals surface area contributed by atoms with Gasteiger partial charge in [0, 0.05) is 10.9 Å². The maximum atomic E-state index is 9.59. The van der Waals surface area contributed by atoms with E-state index in [-0.39, 0.29) is 6.79 Å². The second-order valence-corrected chi connectivity index (χ2v) is 6.93. The Balaban J connectivity index is 1.61. The number of nitriles is 1. The van der Waals surface area contributed by atoms with E-state index in [9.17, 15) is 5.26 Å². The van der Waals surface area contributed by atoms with E-state index in [4.69, 9.17) is 9.47 Å². The van der Waals surface area contributed by atoms with Crippen LogP contribution in [0.15, 0.2) is 65.6 Å². The highest BCUT2D eigenvalue weighted by Crippen LogP contribution is 2.36. The number of hydrogen-bond acceptors (Lipinski definition) is 5. The molecule has 4 rings (SSSR count). The largest absolute Gasteiger partial charge is 0.454 e. The Kier molecular flexibility index (Phi) is 4.73. The molecule has 0 bridgehead atoms. The molecule has 0 spiro atoms. The van der Waals surface area contributed by atoms with Gasteiger partial charge in [0.05, 0.1) is 11.3 Å². The lowest BCUT2D eigenvalue weighted by molar-refractivity contribution is 0.174. The minimum absolute atomic E-state index is 0.245. The molecule has 1 aromatic heterocycles. The lowest BCUT2D eigenvalue weighted by atomic mass is 10.1. The Bertz CT molecular complexity index is 1080. The van der Waals surface area contributed by atoms with Crippen molar-refractivity contribution in [2.45, 2.75) is 6.92 Å². The Morgan fingerprint density at radius 3 is 2.78 bits per heavy atom. The van der Waals surface area contributed by atoms with Crippen molar-refractivity contribution in [1.29, 1.82) is 5.26 Å². The van der Waals surface area contributed by atoms with Gasteiger partial charge in [-0.25, -0.2) is 4.98 Å². The van der Waals surface area contributed by atoms with E-state index >= 15 is 0 Å². The normalized spacial score (nSPS) is 13.5. The fourth-order valence-electron chi connectivity index (χ4n) is 2.81. The summed E-state index contributed by atoms with van der Waals surface area (Å²) in [4.78, 5) is 4.64. The van der Waals surface area contributed by atoms with Crippen LogP contribution in [0.5, 0.6) is 11.5 Å². The lowest BCUT2D eigenvalue weighted by Crippen LogP contribution is -1.92. The minimum Gasteiger partial charge on any atom is -0.454 e. The van der Waals surface area contributed by atoms with Gasteiger partial charge in [0.15, 0.2) is 11.5 Å². The fraction of sp³-hybridized carbons (Fsp3) is 0.0909. The smallest absolute Gasteiger partial charge is 0.231 e. The third-order valence-electron chi connectivity index (χ3n) is 4.09. The minimum atomic E-state index is 0.245. The molecule has 2 heterocycles. The summed E-state index contributed by atoms with van der Waals surface area (Å²) < 4.78 is 10.8. The van der Waals surface area contributed by atoms with Crippen molar-refractivity contribution >= 4 is 23.0 Å². The maximum absolute atomic E-state index is 9.59. The first-order chi connectivity index (χ1) is 13.2. The number of fused-ring (bicyclic) bond motifs is 1. The van der Waals surface area contributed by atoms with Crippen molar-refractivity contribution in [2.75, 3.05) is 6.79 Å². The third-order valence-corrected chi connectivity index (χ3v) is 4.96. The van der Waals surface area contributed by atoms with Crippen molar-refractivity contribution in [1.82, 2.24) is 4.98 Å². The molecule has 27 heavy (non-hydrogen) atoms. The molecule has 0 amide bonds. The van der Waals surface area contributed by atoms with E-state index in [0.29, 0.717) is 10.6 Å². The van der Waals surface area contributed by atoms with Crippen molar-refractivity contribution in [3.63, 3.8) is 0 Å². The maximum Gasteiger partial charge on any atom is 0.231 e. The predicted molar refractivity (Wildman–Crippen MR) is 107 cm³/mol. The average Bonchev–Trinajstić information content (AvgIpc) is 3.35. The zero-order valence-electron chi connectivity index (χ0n) is 14.7. The van der Waals surface area contributed by atoms with Crippen LogP contribution in [0, 0.1) is 11.3 Å². The van der Waals surface area contributed by atoms with E-state index in [2.05, 4.69) is 11.1 Å². The number of aromatic nitrogens is 1. The number of nitrogens with zero attached hydrogens (tertiary/aromatic N) is 2. The van der Waals surface area contributed by atoms with Crippen LogP contribution in [0.25, 0.3) is 22.9 Å². The predicted octanol–water partition coefficient (Wildman–Crippen LogP) is 5.55. The molecule has 132 valence electrons. The third kappa shape index (κ3) is 3.76. The van der Waals surface area contributed by atoms with Gasteiger partial charge >= 0.3 is 0 Å². The van der Waals surface area contributed by atoms with Crippen LogP contribution in [0.1, 0.15) is 17.5 Å². The summed E-state index contributed by atoms with van der Waals surface area (Å²) in [5.41, 5.74) is 4.41. The molecule has 0 radical (unpaired) electrons. The monoisotopic (exact) mass is 372 g/mol. The summed E-state index contributed by atoms with van der Waals surface area (Å²) in [6, 6.07) is 18.0. The summed E-state index contributed by atoms with van der Waals surface area (Å²) >= 11 is 1.46. The SMILES string of the molecule is CC(=C\c1ccccc1)/C=C(\C#N)c1nc(-c2ccc3c(c2)OCO3)cs1. The zero-order chi connectivity index (χ0) is 18.6. The van der Waals surface area contributed by atoms with Crippen molar-refractivity contribution < 1.29 is 9.47 Å². The second kappa shape index (κ2) is 7.48. The zero-order valence-corrected chi connectivity index (χ0v) is 15.5. The van der Waals surface area contributed by atoms with Crippen LogP contribution in [-0.2, 0) is 0 Å². The molecule has 0 fully saturated rings. The first-order valence-electron chi connectivity index (χ1n) is 8.44. The van der Waals surface area contributed by atoms with Gasteiger partial charge in [-0.15, -0.1) is 11.3 Å². The van der Waals surface area contributed by atoms with Crippen LogP contribution < -0.4 is 9.47 Å². The molecule has 1 aliphatic heterocycles. The van der Waals surface area contributed by atoms with Gasteiger partial charge in [-0.3, -0.25) is 0 Å². The second-order valence-electron chi connectivity index (χ2n) is 6.07. The number of hydrogen-bond donors (Lipinski definition) is 0. The summed E-state index contributed by atoms with van der Waals surface area (Å²) in [6.45, 7) is 2.23. The van der Waals surface area contributed by atoms with E-state index in [0.717, 1.165) is 33.9 Å². The van der Waals surface area contributed by atoms with Crippen LogP contribution >= 0.6 is 11.3 Å². The summed E-state index contributed by atoms with van der Waals surface area (Å²) in [5, 5.41) is 12.2. The van der Waals surface area contributed by atoms with Gasteiger partial charge in [0.2, 0.25) is 6.79 Å². The van der Waals surface area contributed by atoms with E-state index in [1.807, 2.05) is 73.0 Å². The highest BCUT2D eigenvalue weighted by molar-refractivity contribution is 7.11. The number of ether oxygens (including phenoxy) is 2. The molecule has 4 nitrogen and oxygen atoms in total. The standard InChI is InChI=1S/C22H16N2O2S/c1-15(9-16-5-3-2-4-6-16)10-18(12-23)22-24-19(13-27-22)17-7-8-20-21(11-17)26-14-25-20/h2-11,13H,14H2,1H3/b15-9+,18-10+. The Labute approximate surface area is 161 Å². The Hall–Kier alpha value is -3.36. The molecular formula is C22H16N2O2S. The first-order valence-corrected chi connectivity index (χ1v) is 9.32. The molecule has 5 heteroatoms. The van der Waals surface area contributed by atoms with Gasteiger partial charge < -0.3 is 9.47 Å².